The van der Waals surface area contributed by atoms with Crippen LogP contribution in [0.1, 0.15) is 13.3 Å². The molecule has 0 radical (unpaired) electrons. The SMILES string of the molecule is CCC1C(=O)NC(=O)CN1C(=O)Oc1ccccc1. The van der Waals surface area contributed by atoms with Crippen molar-refractivity contribution < 1.29 is 19.1 Å². The van der Waals surface area contributed by atoms with Gasteiger partial charge in [0, 0.05) is 0 Å². The Morgan fingerprint density at radius 2 is 2.05 bits per heavy atom. The standard InChI is InChI=1S/C13H14N2O4/c1-2-10-12(17)14-11(16)8-15(10)13(18)19-9-6-4-3-5-7-9/h3-7,10H,2,8H2,1H3,(H,14,16,17). The topological polar surface area (TPSA) is 75.7 Å². The molecule has 1 aliphatic heterocycles. The molecule has 0 bridgehead atoms. The first-order valence-corrected chi connectivity index (χ1v) is 5.99. The number of para-hydroxylation sites is 1. The molecule has 6 nitrogen and oxygen atoms in total. The fourth-order valence-corrected chi connectivity index (χ4v) is 1.91. The van der Waals surface area contributed by atoms with Crippen molar-refractivity contribution in [3.05, 3.63) is 30.3 Å². The van der Waals surface area contributed by atoms with Gasteiger partial charge in [-0.25, -0.2) is 4.79 Å². The van der Waals surface area contributed by atoms with Crippen molar-refractivity contribution in [3.8, 4) is 5.75 Å². The van der Waals surface area contributed by atoms with Crippen LogP contribution in [0, 0.1) is 0 Å². The number of carbonyl (C=O) groups is 3. The molecule has 0 aliphatic carbocycles. The van der Waals surface area contributed by atoms with Crippen molar-refractivity contribution >= 4 is 17.9 Å². The van der Waals surface area contributed by atoms with Crippen LogP contribution in [0.3, 0.4) is 0 Å². The number of hydrogen-bond donors (Lipinski definition) is 1. The number of imide groups is 1. The van der Waals surface area contributed by atoms with Gasteiger partial charge in [0.1, 0.15) is 18.3 Å². The van der Waals surface area contributed by atoms with Gasteiger partial charge in [-0.3, -0.25) is 19.8 Å². The number of carbonyl (C=O) groups excluding carboxylic acids is 3. The Hall–Kier alpha value is -2.37. The van der Waals surface area contributed by atoms with Gasteiger partial charge in [-0.15, -0.1) is 0 Å². The summed E-state index contributed by atoms with van der Waals surface area (Å²) in [5.41, 5.74) is 0. The van der Waals surface area contributed by atoms with Crippen molar-refractivity contribution in [3.63, 3.8) is 0 Å². The predicted molar refractivity (Wildman–Crippen MR) is 66.4 cm³/mol. The fourth-order valence-electron chi connectivity index (χ4n) is 1.91. The number of amides is 3. The van der Waals surface area contributed by atoms with E-state index in [9.17, 15) is 14.4 Å². The lowest BCUT2D eigenvalue weighted by Gasteiger charge is -2.32. The summed E-state index contributed by atoms with van der Waals surface area (Å²) in [4.78, 5) is 36.1. The Kier molecular flexibility index (Phi) is 3.79. The molecular weight excluding hydrogens is 248 g/mol. The summed E-state index contributed by atoms with van der Waals surface area (Å²) in [5.74, 6) is -0.593. The first-order valence-electron chi connectivity index (χ1n) is 5.99. The van der Waals surface area contributed by atoms with Gasteiger partial charge in [-0.2, -0.15) is 0 Å². The van der Waals surface area contributed by atoms with Crippen molar-refractivity contribution in [2.24, 2.45) is 0 Å². The van der Waals surface area contributed by atoms with Gasteiger partial charge >= 0.3 is 6.09 Å². The highest BCUT2D eigenvalue weighted by molar-refractivity contribution is 6.03. The quantitative estimate of drug-likeness (QED) is 0.804. The number of rotatable bonds is 2. The minimum absolute atomic E-state index is 0.171. The zero-order chi connectivity index (χ0) is 13.8. The van der Waals surface area contributed by atoms with Crippen LogP contribution in [0.5, 0.6) is 5.75 Å². The zero-order valence-corrected chi connectivity index (χ0v) is 10.5. The van der Waals surface area contributed by atoms with E-state index >= 15 is 0 Å². The van der Waals surface area contributed by atoms with Crippen molar-refractivity contribution in [1.29, 1.82) is 0 Å². The normalized spacial score (nSPS) is 19.0. The van der Waals surface area contributed by atoms with E-state index in [1.165, 1.54) is 0 Å². The molecule has 6 heteroatoms. The van der Waals surface area contributed by atoms with Crippen LogP contribution in [0.4, 0.5) is 4.79 Å². The van der Waals surface area contributed by atoms with E-state index in [4.69, 9.17) is 4.74 Å². The molecule has 1 fully saturated rings. The summed E-state index contributed by atoms with van der Waals surface area (Å²) in [6.45, 7) is 1.60. The van der Waals surface area contributed by atoms with Crippen LogP contribution in [-0.2, 0) is 9.59 Å². The molecular formula is C13H14N2O4. The summed E-state index contributed by atoms with van der Waals surface area (Å²) >= 11 is 0. The Balaban J connectivity index is 2.12. The summed E-state index contributed by atoms with van der Waals surface area (Å²) in [7, 11) is 0. The minimum Gasteiger partial charge on any atom is -0.410 e. The maximum absolute atomic E-state index is 12.0. The van der Waals surface area contributed by atoms with Crippen molar-refractivity contribution in [2.75, 3.05) is 6.54 Å². The van der Waals surface area contributed by atoms with Crippen LogP contribution in [0.15, 0.2) is 30.3 Å². The second-order valence-electron chi connectivity index (χ2n) is 4.15. The number of nitrogens with zero attached hydrogens (tertiary/aromatic N) is 1. The van der Waals surface area contributed by atoms with Gasteiger partial charge in [0.25, 0.3) is 0 Å². The molecule has 1 unspecified atom stereocenters. The Labute approximate surface area is 110 Å². The molecule has 1 N–H and O–H groups in total. The average Bonchev–Trinajstić information content (AvgIpc) is 2.39. The van der Waals surface area contributed by atoms with E-state index in [0.717, 1.165) is 4.90 Å². The third-order valence-electron chi connectivity index (χ3n) is 2.83. The zero-order valence-electron chi connectivity index (χ0n) is 10.5. The molecule has 1 aromatic rings. The van der Waals surface area contributed by atoms with E-state index in [-0.39, 0.29) is 6.54 Å². The highest BCUT2D eigenvalue weighted by Crippen LogP contribution is 2.14. The molecule has 1 heterocycles. The Morgan fingerprint density at radius 3 is 2.68 bits per heavy atom. The third-order valence-corrected chi connectivity index (χ3v) is 2.83. The molecule has 19 heavy (non-hydrogen) atoms. The molecule has 0 spiro atoms. The highest BCUT2D eigenvalue weighted by atomic mass is 16.6. The minimum atomic E-state index is -0.693. The number of piperazine rings is 1. The van der Waals surface area contributed by atoms with Crippen molar-refractivity contribution in [1.82, 2.24) is 10.2 Å². The van der Waals surface area contributed by atoms with Crippen LogP contribution in [-0.4, -0.2) is 35.4 Å². The van der Waals surface area contributed by atoms with Crippen molar-refractivity contribution in [2.45, 2.75) is 19.4 Å². The Bertz CT molecular complexity index is 501. The van der Waals surface area contributed by atoms with Crippen LogP contribution in [0.2, 0.25) is 0 Å². The molecule has 0 aromatic heterocycles. The lowest BCUT2D eigenvalue weighted by atomic mass is 10.1. The maximum Gasteiger partial charge on any atom is 0.416 e. The number of hydrogen-bond acceptors (Lipinski definition) is 4. The van der Waals surface area contributed by atoms with Gasteiger partial charge in [0.15, 0.2) is 0 Å². The van der Waals surface area contributed by atoms with E-state index in [1.807, 2.05) is 0 Å². The number of ether oxygens (including phenoxy) is 1. The van der Waals surface area contributed by atoms with Gasteiger partial charge in [0.05, 0.1) is 0 Å². The fraction of sp³-hybridized carbons (Fsp3) is 0.308. The molecule has 100 valence electrons. The molecule has 1 saturated heterocycles. The molecule has 1 atom stereocenters. The molecule has 0 saturated carbocycles. The van der Waals surface area contributed by atoms with Gasteiger partial charge < -0.3 is 4.74 Å². The highest BCUT2D eigenvalue weighted by Gasteiger charge is 2.36. The van der Waals surface area contributed by atoms with Gasteiger partial charge in [0.2, 0.25) is 11.8 Å². The summed E-state index contributed by atoms with van der Waals surface area (Å²) in [6.07, 6.45) is -0.274. The number of nitrogens with one attached hydrogen (secondary N) is 1. The summed E-state index contributed by atoms with van der Waals surface area (Å²) in [6, 6.07) is 7.84. The largest absolute Gasteiger partial charge is 0.416 e. The molecule has 3 amide bonds. The monoisotopic (exact) mass is 262 g/mol. The Morgan fingerprint density at radius 1 is 1.37 bits per heavy atom. The first-order chi connectivity index (χ1) is 9.11. The second kappa shape index (κ2) is 5.51. The lowest BCUT2D eigenvalue weighted by molar-refractivity contribution is -0.138. The predicted octanol–water partition coefficient (Wildman–Crippen LogP) is 0.922. The molecule has 1 aliphatic rings. The lowest BCUT2D eigenvalue weighted by Crippen LogP contribution is -2.60. The van der Waals surface area contributed by atoms with E-state index in [1.54, 1.807) is 37.3 Å². The second-order valence-corrected chi connectivity index (χ2v) is 4.15. The van der Waals surface area contributed by atoms with Gasteiger partial charge in [-0.05, 0) is 18.6 Å². The number of benzene rings is 1. The van der Waals surface area contributed by atoms with E-state index < -0.39 is 23.9 Å². The van der Waals surface area contributed by atoms with E-state index in [2.05, 4.69) is 5.32 Å². The summed E-state index contributed by atoms with van der Waals surface area (Å²) in [5, 5.41) is 2.20. The van der Waals surface area contributed by atoms with Crippen LogP contribution < -0.4 is 10.1 Å². The molecule has 1 aromatic carbocycles. The third kappa shape index (κ3) is 2.90. The summed E-state index contributed by atoms with van der Waals surface area (Å²) < 4.78 is 5.14. The smallest absolute Gasteiger partial charge is 0.410 e. The van der Waals surface area contributed by atoms with Crippen LogP contribution in [0.25, 0.3) is 0 Å². The van der Waals surface area contributed by atoms with E-state index in [0.29, 0.717) is 12.2 Å². The first kappa shape index (κ1) is 13.1. The molecule has 2 rings (SSSR count). The van der Waals surface area contributed by atoms with Crippen LogP contribution >= 0.6 is 0 Å². The average molecular weight is 262 g/mol. The van der Waals surface area contributed by atoms with Gasteiger partial charge in [-0.1, -0.05) is 25.1 Å². The maximum atomic E-state index is 12.0.